The minimum atomic E-state index is -0.874. The highest BCUT2D eigenvalue weighted by Crippen LogP contribution is 2.25. The zero-order valence-electron chi connectivity index (χ0n) is 11.9. The summed E-state index contributed by atoms with van der Waals surface area (Å²) in [7, 11) is 0. The number of urea groups is 1. The van der Waals surface area contributed by atoms with Crippen LogP contribution in [0.4, 0.5) is 9.18 Å². The molecule has 2 unspecified atom stereocenters. The largest absolute Gasteiger partial charge is 0.491 e. The van der Waals surface area contributed by atoms with Crippen molar-refractivity contribution in [2.75, 3.05) is 19.7 Å². The van der Waals surface area contributed by atoms with Crippen LogP contribution in [0.5, 0.6) is 5.75 Å². The van der Waals surface area contributed by atoms with Crippen molar-refractivity contribution in [3.63, 3.8) is 0 Å². The van der Waals surface area contributed by atoms with Crippen molar-refractivity contribution in [2.45, 2.75) is 18.9 Å². The Bertz CT molecular complexity index is 607. The SMILES string of the molecule is O=C(O)C1CCN(C(=O)NC2COc3ccc(F)cc3C2)C1. The van der Waals surface area contributed by atoms with Gasteiger partial charge in [0.05, 0.1) is 12.0 Å². The zero-order valence-corrected chi connectivity index (χ0v) is 11.9. The molecule has 0 saturated carbocycles. The highest BCUT2D eigenvalue weighted by atomic mass is 19.1. The van der Waals surface area contributed by atoms with Crippen molar-refractivity contribution in [1.82, 2.24) is 10.2 Å². The standard InChI is InChI=1S/C15H17FN2O4/c16-11-1-2-13-10(5-11)6-12(8-22-13)17-15(21)18-4-3-9(7-18)14(19)20/h1-2,5,9,12H,3-4,6-8H2,(H,17,21)(H,19,20). The maximum atomic E-state index is 13.2. The second kappa shape index (κ2) is 5.82. The molecule has 22 heavy (non-hydrogen) atoms. The Morgan fingerprint density at radius 3 is 2.95 bits per heavy atom. The summed E-state index contributed by atoms with van der Waals surface area (Å²) in [6, 6.07) is 3.79. The summed E-state index contributed by atoms with van der Waals surface area (Å²) in [6.07, 6.45) is 0.965. The maximum Gasteiger partial charge on any atom is 0.317 e. The number of likely N-dealkylation sites (tertiary alicyclic amines) is 1. The molecular formula is C15H17FN2O4. The average Bonchev–Trinajstić information content (AvgIpc) is 2.97. The number of carboxylic acids is 1. The molecule has 3 rings (SSSR count). The van der Waals surface area contributed by atoms with Crippen molar-refractivity contribution < 1.29 is 23.8 Å². The number of hydrogen-bond acceptors (Lipinski definition) is 3. The fourth-order valence-electron chi connectivity index (χ4n) is 2.87. The summed E-state index contributed by atoms with van der Waals surface area (Å²) >= 11 is 0. The Morgan fingerprint density at radius 2 is 2.23 bits per heavy atom. The number of hydrogen-bond donors (Lipinski definition) is 2. The first kappa shape index (κ1) is 14.6. The van der Waals surface area contributed by atoms with Crippen LogP contribution in [0.2, 0.25) is 0 Å². The van der Waals surface area contributed by atoms with Crippen molar-refractivity contribution >= 4 is 12.0 Å². The van der Waals surface area contributed by atoms with Crippen LogP contribution in [0.3, 0.4) is 0 Å². The number of nitrogens with zero attached hydrogens (tertiary/aromatic N) is 1. The Morgan fingerprint density at radius 1 is 1.41 bits per heavy atom. The molecule has 7 heteroatoms. The van der Waals surface area contributed by atoms with E-state index in [4.69, 9.17) is 9.84 Å². The third-order valence-corrected chi connectivity index (χ3v) is 4.08. The van der Waals surface area contributed by atoms with E-state index in [0.717, 1.165) is 5.56 Å². The Kier molecular flexibility index (Phi) is 3.87. The van der Waals surface area contributed by atoms with Gasteiger partial charge < -0.3 is 20.1 Å². The number of fused-ring (bicyclic) bond motifs is 1. The molecule has 118 valence electrons. The topological polar surface area (TPSA) is 78.9 Å². The van der Waals surface area contributed by atoms with Crippen LogP contribution in [0.1, 0.15) is 12.0 Å². The number of amides is 2. The van der Waals surface area contributed by atoms with E-state index < -0.39 is 11.9 Å². The molecule has 0 aliphatic carbocycles. The molecule has 2 aliphatic heterocycles. The third kappa shape index (κ3) is 2.98. The minimum absolute atomic E-state index is 0.222. The molecular weight excluding hydrogens is 291 g/mol. The molecule has 2 amide bonds. The quantitative estimate of drug-likeness (QED) is 0.862. The van der Waals surface area contributed by atoms with E-state index in [0.29, 0.717) is 31.7 Å². The molecule has 1 saturated heterocycles. The van der Waals surface area contributed by atoms with Gasteiger partial charge in [-0.2, -0.15) is 0 Å². The number of benzene rings is 1. The van der Waals surface area contributed by atoms with E-state index in [2.05, 4.69) is 5.32 Å². The first-order chi connectivity index (χ1) is 10.5. The van der Waals surface area contributed by atoms with Crippen LogP contribution in [0.25, 0.3) is 0 Å². The van der Waals surface area contributed by atoms with E-state index in [-0.39, 0.29) is 24.4 Å². The lowest BCUT2D eigenvalue weighted by Crippen LogP contribution is -2.48. The molecule has 2 N–H and O–H groups in total. The lowest BCUT2D eigenvalue weighted by Gasteiger charge is -2.28. The van der Waals surface area contributed by atoms with Crippen LogP contribution in [0.15, 0.2) is 18.2 Å². The van der Waals surface area contributed by atoms with Gasteiger partial charge in [0.25, 0.3) is 0 Å². The minimum Gasteiger partial charge on any atom is -0.491 e. The fraction of sp³-hybridized carbons (Fsp3) is 0.467. The maximum absolute atomic E-state index is 13.2. The van der Waals surface area contributed by atoms with Gasteiger partial charge in [-0.15, -0.1) is 0 Å². The molecule has 1 fully saturated rings. The van der Waals surface area contributed by atoms with Crippen LogP contribution in [-0.4, -0.2) is 47.7 Å². The van der Waals surface area contributed by atoms with Crippen LogP contribution in [-0.2, 0) is 11.2 Å². The normalized spacial score (nSPS) is 23.6. The van der Waals surface area contributed by atoms with Gasteiger partial charge in [-0.25, -0.2) is 9.18 Å². The lowest BCUT2D eigenvalue weighted by molar-refractivity contribution is -0.141. The summed E-state index contributed by atoms with van der Waals surface area (Å²) in [5.41, 5.74) is 0.724. The molecule has 0 radical (unpaired) electrons. The summed E-state index contributed by atoms with van der Waals surface area (Å²) < 4.78 is 18.8. The molecule has 1 aromatic rings. The first-order valence-electron chi connectivity index (χ1n) is 7.22. The lowest BCUT2D eigenvalue weighted by atomic mass is 10.0. The second-order valence-electron chi connectivity index (χ2n) is 5.68. The van der Waals surface area contributed by atoms with E-state index in [9.17, 15) is 14.0 Å². The number of carbonyl (C=O) groups is 2. The number of rotatable bonds is 2. The van der Waals surface area contributed by atoms with Crippen molar-refractivity contribution in [2.24, 2.45) is 5.92 Å². The summed E-state index contributed by atoms with van der Waals surface area (Å²) in [4.78, 5) is 24.6. The predicted molar refractivity (Wildman–Crippen MR) is 75.2 cm³/mol. The average molecular weight is 308 g/mol. The van der Waals surface area contributed by atoms with Crippen molar-refractivity contribution in [1.29, 1.82) is 0 Å². The monoisotopic (exact) mass is 308 g/mol. The van der Waals surface area contributed by atoms with Crippen molar-refractivity contribution in [3.05, 3.63) is 29.6 Å². The van der Waals surface area contributed by atoms with Gasteiger partial charge in [0.15, 0.2) is 0 Å². The smallest absolute Gasteiger partial charge is 0.317 e. The molecule has 2 aliphatic rings. The van der Waals surface area contributed by atoms with Gasteiger partial charge in [0.1, 0.15) is 18.2 Å². The third-order valence-electron chi connectivity index (χ3n) is 4.08. The van der Waals surface area contributed by atoms with Crippen LogP contribution < -0.4 is 10.1 Å². The summed E-state index contributed by atoms with van der Waals surface area (Å²) in [6.45, 7) is 0.974. The fourth-order valence-corrected chi connectivity index (χ4v) is 2.87. The number of ether oxygens (including phenoxy) is 1. The first-order valence-corrected chi connectivity index (χ1v) is 7.22. The number of carboxylic acid groups (broad SMARTS) is 1. The van der Waals surface area contributed by atoms with Gasteiger partial charge in [-0.05, 0) is 36.6 Å². The highest BCUT2D eigenvalue weighted by Gasteiger charge is 2.32. The van der Waals surface area contributed by atoms with Gasteiger partial charge in [0, 0.05) is 13.1 Å². The van der Waals surface area contributed by atoms with E-state index in [1.807, 2.05) is 0 Å². The zero-order chi connectivity index (χ0) is 15.7. The molecule has 6 nitrogen and oxygen atoms in total. The molecule has 2 atom stereocenters. The number of carbonyl (C=O) groups excluding carboxylic acids is 1. The predicted octanol–water partition coefficient (Wildman–Crippen LogP) is 1.25. The van der Waals surface area contributed by atoms with E-state index in [1.165, 1.54) is 17.0 Å². The van der Waals surface area contributed by atoms with Crippen LogP contribution >= 0.6 is 0 Å². The van der Waals surface area contributed by atoms with Gasteiger partial charge >= 0.3 is 12.0 Å². The number of halogens is 1. The molecule has 2 heterocycles. The van der Waals surface area contributed by atoms with Gasteiger partial charge in [-0.1, -0.05) is 0 Å². The second-order valence-corrected chi connectivity index (χ2v) is 5.68. The Labute approximate surface area is 126 Å². The van der Waals surface area contributed by atoms with Gasteiger partial charge in [0.2, 0.25) is 0 Å². The summed E-state index contributed by atoms with van der Waals surface area (Å²) in [5, 5.41) is 11.8. The molecule has 0 bridgehead atoms. The Balaban J connectivity index is 1.58. The number of aliphatic carboxylic acids is 1. The van der Waals surface area contributed by atoms with E-state index >= 15 is 0 Å². The molecule has 0 spiro atoms. The Hall–Kier alpha value is -2.31. The summed E-state index contributed by atoms with van der Waals surface area (Å²) in [5.74, 6) is -1.07. The highest BCUT2D eigenvalue weighted by molar-refractivity contribution is 5.77. The molecule has 0 aromatic heterocycles. The van der Waals surface area contributed by atoms with Crippen molar-refractivity contribution in [3.8, 4) is 5.75 Å². The van der Waals surface area contributed by atoms with E-state index in [1.54, 1.807) is 6.07 Å². The van der Waals surface area contributed by atoms with Crippen LogP contribution in [0, 0.1) is 11.7 Å². The number of nitrogens with one attached hydrogen (secondary N) is 1. The molecule has 1 aromatic carbocycles. The van der Waals surface area contributed by atoms with Gasteiger partial charge in [-0.3, -0.25) is 4.79 Å².